The van der Waals surface area contributed by atoms with Gasteiger partial charge in [0.1, 0.15) is 6.04 Å². The minimum atomic E-state index is -0.570. The minimum absolute atomic E-state index is 0.420. The standard InChI is InChI=1S/C9H21N3O2/c1-2-8(12)14-9(13)7(11)5-3-4-6-10/h7-8H,2-6,10-12H2,1H3. The van der Waals surface area contributed by atoms with E-state index in [9.17, 15) is 4.79 Å². The van der Waals surface area contributed by atoms with Crippen molar-refractivity contribution in [2.45, 2.75) is 44.9 Å². The summed E-state index contributed by atoms with van der Waals surface area (Å²) in [6.07, 6.45) is 2.38. The second kappa shape index (κ2) is 7.73. The van der Waals surface area contributed by atoms with Crippen LogP contribution in [0.25, 0.3) is 0 Å². The van der Waals surface area contributed by atoms with E-state index in [-0.39, 0.29) is 0 Å². The van der Waals surface area contributed by atoms with Gasteiger partial charge in [-0.25, -0.2) is 0 Å². The summed E-state index contributed by atoms with van der Waals surface area (Å²) >= 11 is 0. The molecular weight excluding hydrogens is 182 g/mol. The number of nitrogens with two attached hydrogens (primary N) is 3. The Morgan fingerprint density at radius 2 is 2.00 bits per heavy atom. The van der Waals surface area contributed by atoms with Gasteiger partial charge in [-0.1, -0.05) is 13.3 Å². The summed E-state index contributed by atoms with van der Waals surface area (Å²) in [7, 11) is 0. The molecule has 0 rings (SSSR count). The highest BCUT2D eigenvalue weighted by Crippen LogP contribution is 2.01. The second-order valence-corrected chi connectivity index (χ2v) is 3.27. The largest absolute Gasteiger partial charge is 0.446 e. The predicted molar refractivity (Wildman–Crippen MR) is 55.2 cm³/mol. The molecule has 2 unspecified atom stereocenters. The van der Waals surface area contributed by atoms with Gasteiger partial charge in [-0.3, -0.25) is 10.5 Å². The third-order valence-corrected chi connectivity index (χ3v) is 1.94. The number of hydrogen-bond donors (Lipinski definition) is 3. The van der Waals surface area contributed by atoms with Gasteiger partial charge in [-0.2, -0.15) is 0 Å². The molecule has 0 aliphatic carbocycles. The quantitative estimate of drug-likeness (QED) is 0.299. The van der Waals surface area contributed by atoms with Crippen molar-refractivity contribution in [2.75, 3.05) is 6.54 Å². The Kier molecular flexibility index (Phi) is 7.37. The highest BCUT2D eigenvalue weighted by molar-refractivity contribution is 5.75. The molecule has 0 fully saturated rings. The van der Waals surface area contributed by atoms with Gasteiger partial charge in [0.15, 0.2) is 6.23 Å². The molecule has 0 spiro atoms. The van der Waals surface area contributed by atoms with Crippen molar-refractivity contribution in [3.05, 3.63) is 0 Å². The van der Waals surface area contributed by atoms with Gasteiger partial charge in [0.2, 0.25) is 0 Å². The van der Waals surface area contributed by atoms with Crippen LogP contribution in [0.15, 0.2) is 0 Å². The van der Waals surface area contributed by atoms with Crippen molar-refractivity contribution in [1.29, 1.82) is 0 Å². The van der Waals surface area contributed by atoms with E-state index in [0.29, 0.717) is 19.4 Å². The molecule has 0 aliphatic rings. The van der Waals surface area contributed by atoms with E-state index in [1.54, 1.807) is 0 Å². The average molecular weight is 203 g/mol. The SMILES string of the molecule is CCC(N)OC(=O)C(N)CCCCN. The Morgan fingerprint density at radius 1 is 1.36 bits per heavy atom. The molecule has 84 valence electrons. The van der Waals surface area contributed by atoms with Crippen LogP contribution in [0.2, 0.25) is 0 Å². The van der Waals surface area contributed by atoms with Crippen LogP contribution in [-0.2, 0) is 9.53 Å². The van der Waals surface area contributed by atoms with E-state index >= 15 is 0 Å². The zero-order valence-electron chi connectivity index (χ0n) is 8.74. The maximum absolute atomic E-state index is 11.2. The van der Waals surface area contributed by atoms with E-state index in [4.69, 9.17) is 21.9 Å². The molecular formula is C9H21N3O2. The average Bonchev–Trinajstić information content (AvgIpc) is 2.17. The maximum Gasteiger partial charge on any atom is 0.324 e. The van der Waals surface area contributed by atoms with Crippen LogP contribution >= 0.6 is 0 Å². The molecule has 0 aromatic heterocycles. The van der Waals surface area contributed by atoms with Crippen LogP contribution in [0.5, 0.6) is 0 Å². The molecule has 2 atom stereocenters. The topological polar surface area (TPSA) is 104 Å². The molecule has 14 heavy (non-hydrogen) atoms. The van der Waals surface area contributed by atoms with Gasteiger partial charge in [-0.15, -0.1) is 0 Å². The summed E-state index contributed by atoms with van der Waals surface area (Å²) in [6.45, 7) is 2.47. The lowest BCUT2D eigenvalue weighted by Gasteiger charge is -2.14. The van der Waals surface area contributed by atoms with Crippen LogP contribution in [0.1, 0.15) is 32.6 Å². The van der Waals surface area contributed by atoms with Crippen molar-refractivity contribution >= 4 is 5.97 Å². The van der Waals surface area contributed by atoms with E-state index in [2.05, 4.69) is 0 Å². The maximum atomic E-state index is 11.2. The monoisotopic (exact) mass is 203 g/mol. The first-order valence-corrected chi connectivity index (χ1v) is 5.03. The lowest BCUT2D eigenvalue weighted by molar-refractivity contribution is -0.150. The first-order chi connectivity index (χ1) is 6.61. The molecule has 6 N–H and O–H groups in total. The zero-order chi connectivity index (χ0) is 11.0. The fourth-order valence-corrected chi connectivity index (χ4v) is 0.946. The molecule has 0 aliphatic heterocycles. The summed E-state index contributed by atoms with van der Waals surface area (Å²) in [6, 6.07) is -0.570. The lowest BCUT2D eigenvalue weighted by Crippen LogP contribution is -2.37. The second-order valence-electron chi connectivity index (χ2n) is 3.27. The van der Waals surface area contributed by atoms with Crippen LogP contribution in [0.3, 0.4) is 0 Å². The first-order valence-electron chi connectivity index (χ1n) is 5.03. The smallest absolute Gasteiger partial charge is 0.324 e. The number of carbonyl (C=O) groups is 1. The van der Waals surface area contributed by atoms with Crippen molar-refractivity contribution in [3.63, 3.8) is 0 Å². The Labute approximate surface area is 85.0 Å². The van der Waals surface area contributed by atoms with Crippen LogP contribution in [0.4, 0.5) is 0 Å². The molecule has 0 amide bonds. The molecule has 0 heterocycles. The van der Waals surface area contributed by atoms with Crippen molar-refractivity contribution in [1.82, 2.24) is 0 Å². The number of rotatable bonds is 7. The van der Waals surface area contributed by atoms with Crippen molar-refractivity contribution < 1.29 is 9.53 Å². The van der Waals surface area contributed by atoms with E-state index < -0.39 is 18.2 Å². The predicted octanol–water partition coefficient (Wildman–Crippen LogP) is -0.319. The molecule has 5 nitrogen and oxygen atoms in total. The number of ether oxygens (including phenoxy) is 1. The fraction of sp³-hybridized carbons (Fsp3) is 0.889. The molecule has 5 heteroatoms. The van der Waals surface area contributed by atoms with Gasteiger partial charge in [0.25, 0.3) is 0 Å². The summed E-state index contributed by atoms with van der Waals surface area (Å²) in [5.74, 6) is -0.420. The summed E-state index contributed by atoms with van der Waals surface area (Å²) < 4.78 is 4.87. The third-order valence-electron chi connectivity index (χ3n) is 1.94. The summed E-state index contributed by atoms with van der Waals surface area (Å²) in [5, 5.41) is 0. The summed E-state index contributed by atoms with van der Waals surface area (Å²) in [4.78, 5) is 11.2. The van der Waals surface area contributed by atoms with Gasteiger partial charge < -0.3 is 16.2 Å². The van der Waals surface area contributed by atoms with Crippen molar-refractivity contribution in [2.24, 2.45) is 17.2 Å². The Hall–Kier alpha value is -0.650. The van der Waals surface area contributed by atoms with Crippen LogP contribution in [-0.4, -0.2) is 24.8 Å². The van der Waals surface area contributed by atoms with Crippen LogP contribution in [0, 0.1) is 0 Å². The Bertz CT molecular complexity index is 164. The van der Waals surface area contributed by atoms with E-state index in [1.807, 2.05) is 6.92 Å². The number of unbranched alkanes of at least 4 members (excludes halogenated alkanes) is 1. The minimum Gasteiger partial charge on any atom is -0.446 e. The number of carbonyl (C=O) groups excluding carboxylic acids is 1. The highest BCUT2D eigenvalue weighted by atomic mass is 16.6. The Morgan fingerprint density at radius 3 is 2.50 bits per heavy atom. The van der Waals surface area contributed by atoms with Gasteiger partial charge in [0, 0.05) is 0 Å². The third kappa shape index (κ3) is 5.90. The van der Waals surface area contributed by atoms with Crippen molar-refractivity contribution in [3.8, 4) is 0 Å². The molecule has 0 radical (unpaired) electrons. The molecule has 0 bridgehead atoms. The number of hydrogen-bond acceptors (Lipinski definition) is 5. The van der Waals surface area contributed by atoms with Crippen LogP contribution < -0.4 is 17.2 Å². The van der Waals surface area contributed by atoms with E-state index in [1.165, 1.54) is 0 Å². The molecule has 0 aromatic carbocycles. The normalized spacial score (nSPS) is 14.9. The first kappa shape index (κ1) is 13.4. The number of esters is 1. The van der Waals surface area contributed by atoms with Gasteiger partial charge in [0.05, 0.1) is 0 Å². The zero-order valence-corrected chi connectivity index (χ0v) is 8.74. The Balaban J connectivity index is 3.64. The van der Waals surface area contributed by atoms with E-state index in [0.717, 1.165) is 12.8 Å². The summed E-state index contributed by atoms with van der Waals surface area (Å²) in [5.41, 5.74) is 16.4. The molecule has 0 saturated carbocycles. The molecule has 0 saturated heterocycles. The molecule has 0 aromatic rings. The highest BCUT2D eigenvalue weighted by Gasteiger charge is 2.16. The lowest BCUT2D eigenvalue weighted by atomic mass is 10.1. The van der Waals surface area contributed by atoms with Gasteiger partial charge in [-0.05, 0) is 25.8 Å². The van der Waals surface area contributed by atoms with Gasteiger partial charge >= 0.3 is 5.97 Å². The fourth-order valence-electron chi connectivity index (χ4n) is 0.946.